The number of ketones is 1. The van der Waals surface area contributed by atoms with Crippen molar-refractivity contribution in [2.24, 2.45) is 0 Å². The standard InChI is InChI=1S/C19H20O4/c1-4-23-16-11-8-14(9-12-16)17(20)13-10-15-6-5-7-18(21-2)19(15)22-3/h5-13H,4H2,1-3H3/b13-10+. The molecule has 0 atom stereocenters. The van der Waals surface area contributed by atoms with Crippen molar-refractivity contribution in [3.63, 3.8) is 0 Å². The van der Waals surface area contributed by atoms with E-state index in [1.165, 1.54) is 6.08 Å². The Hall–Kier alpha value is -2.75. The van der Waals surface area contributed by atoms with Crippen LogP contribution in [0.5, 0.6) is 17.2 Å². The summed E-state index contributed by atoms with van der Waals surface area (Å²) >= 11 is 0. The van der Waals surface area contributed by atoms with Crippen molar-refractivity contribution in [1.29, 1.82) is 0 Å². The van der Waals surface area contributed by atoms with Gasteiger partial charge in [0, 0.05) is 11.1 Å². The van der Waals surface area contributed by atoms with Crippen LogP contribution in [0, 0.1) is 0 Å². The number of ether oxygens (including phenoxy) is 3. The van der Waals surface area contributed by atoms with Crippen LogP contribution in [0.25, 0.3) is 6.08 Å². The molecule has 23 heavy (non-hydrogen) atoms. The first kappa shape index (κ1) is 16.6. The summed E-state index contributed by atoms with van der Waals surface area (Å²) < 4.78 is 16.0. The highest BCUT2D eigenvalue weighted by Gasteiger charge is 2.08. The molecule has 0 N–H and O–H groups in total. The molecule has 0 bridgehead atoms. The molecule has 0 saturated heterocycles. The second-order valence-corrected chi connectivity index (χ2v) is 4.74. The van der Waals surface area contributed by atoms with Gasteiger partial charge in [0.2, 0.25) is 0 Å². The van der Waals surface area contributed by atoms with E-state index in [-0.39, 0.29) is 5.78 Å². The Kier molecular flexibility index (Phi) is 5.80. The molecule has 0 amide bonds. The molecule has 0 spiro atoms. The summed E-state index contributed by atoms with van der Waals surface area (Å²) in [5.74, 6) is 1.90. The van der Waals surface area contributed by atoms with E-state index in [1.807, 2.05) is 25.1 Å². The number of rotatable bonds is 7. The maximum absolute atomic E-state index is 12.2. The van der Waals surface area contributed by atoms with Crippen molar-refractivity contribution in [3.05, 3.63) is 59.7 Å². The Morgan fingerprint density at radius 1 is 1.04 bits per heavy atom. The molecule has 0 aliphatic heterocycles. The second kappa shape index (κ2) is 8.03. The van der Waals surface area contributed by atoms with Gasteiger partial charge in [0.05, 0.1) is 20.8 Å². The minimum atomic E-state index is -0.0853. The summed E-state index contributed by atoms with van der Waals surface area (Å²) in [5.41, 5.74) is 1.39. The Bertz CT molecular complexity index is 687. The van der Waals surface area contributed by atoms with Crippen LogP contribution in [0.3, 0.4) is 0 Å². The monoisotopic (exact) mass is 312 g/mol. The summed E-state index contributed by atoms with van der Waals surface area (Å²) in [6.45, 7) is 2.52. The average molecular weight is 312 g/mol. The van der Waals surface area contributed by atoms with Gasteiger partial charge in [-0.2, -0.15) is 0 Å². The molecule has 0 aromatic heterocycles. The number of carbonyl (C=O) groups is 1. The van der Waals surface area contributed by atoms with Gasteiger partial charge < -0.3 is 14.2 Å². The van der Waals surface area contributed by atoms with Crippen LogP contribution in [-0.4, -0.2) is 26.6 Å². The number of hydrogen-bond acceptors (Lipinski definition) is 4. The number of allylic oxidation sites excluding steroid dienone is 1. The zero-order valence-corrected chi connectivity index (χ0v) is 13.5. The molecule has 0 heterocycles. The summed E-state index contributed by atoms with van der Waals surface area (Å²) in [6, 6.07) is 12.6. The van der Waals surface area contributed by atoms with Gasteiger partial charge in [0.1, 0.15) is 5.75 Å². The molecule has 0 radical (unpaired) electrons. The van der Waals surface area contributed by atoms with E-state index in [0.29, 0.717) is 23.7 Å². The lowest BCUT2D eigenvalue weighted by atomic mass is 10.1. The first-order chi connectivity index (χ1) is 11.2. The predicted molar refractivity (Wildman–Crippen MR) is 90.5 cm³/mol. The molecule has 0 unspecified atom stereocenters. The molecule has 0 aliphatic carbocycles. The maximum atomic E-state index is 12.2. The SMILES string of the molecule is CCOc1ccc(C(=O)/C=C/c2cccc(OC)c2OC)cc1. The minimum Gasteiger partial charge on any atom is -0.494 e. The molecule has 4 heteroatoms. The third kappa shape index (κ3) is 4.13. The minimum absolute atomic E-state index is 0.0853. The van der Waals surface area contributed by atoms with Crippen molar-refractivity contribution in [3.8, 4) is 17.2 Å². The topological polar surface area (TPSA) is 44.8 Å². The van der Waals surface area contributed by atoms with E-state index in [1.54, 1.807) is 44.6 Å². The zero-order valence-electron chi connectivity index (χ0n) is 13.5. The van der Waals surface area contributed by atoms with Gasteiger partial charge in [-0.05, 0) is 49.4 Å². The molecule has 4 nitrogen and oxygen atoms in total. The third-order valence-corrected chi connectivity index (χ3v) is 3.30. The van der Waals surface area contributed by atoms with Crippen molar-refractivity contribution in [1.82, 2.24) is 0 Å². The van der Waals surface area contributed by atoms with Gasteiger partial charge >= 0.3 is 0 Å². The average Bonchev–Trinajstić information content (AvgIpc) is 2.60. The highest BCUT2D eigenvalue weighted by atomic mass is 16.5. The van der Waals surface area contributed by atoms with Gasteiger partial charge in [0.15, 0.2) is 17.3 Å². The molecule has 0 fully saturated rings. The van der Waals surface area contributed by atoms with Crippen molar-refractivity contribution < 1.29 is 19.0 Å². The quantitative estimate of drug-likeness (QED) is 0.572. The number of para-hydroxylation sites is 1. The van der Waals surface area contributed by atoms with Crippen molar-refractivity contribution in [2.75, 3.05) is 20.8 Å². The first-order valence-electron chi connectivity index (χ1n) is 7.35. The molecule has 0 aliphatic rings. The van der Waals surface area contributed by atoms with Crippen LogP contribution in [0.1, 0.15) is 22.8 Å². The van der Waals surface area contributed by atoms with Crippen molar-refractivity contribution >= 4 is 11.9 Å². The van der Waals surface area contributed by atoms with Crippen LogP contribution in [0.4, 0.5) is 0 Å². The smallest absolute Gasteiger partial charge is 0.185 e. The maximum Gasteiger partial charge on any atom is 0.185 e. The summed E-state index contributed by atoms with van der Waals surface area (Å²) in [6.07, 6.45) is 3.24. The fraction of sp³-hybridized carbons (Fsp3) is 0.211. The fourth-order valence-corrected chi connectivity index (χ4v) is 2.19. The molecule has 2 aromatic carbocycles. The van der Waals surface area contributed by atoms with E-state index in [2.05, 4.69) is 0 Å². The molecule has 2 rings (SSSR count). The van der Waals surface area contributed by atoms with Gasteiger partial charge in [0.25, 0.3) is 0 Å². The molecular weight excluding hydrogens is 292 g/mol. The van der Waals surface area contributed by atoms with Crippen LogP contribution in [0.2, 0.25) is 0 Å². The van der Waals surface area contributed by atoms with Crippen molar-refractivity contribution in [2.45, 2.75) is 6.92 Å². The Morgan fingerprint density at radius 3 is 2.39 bits per heavy atom. The van der Waals surface area contributed by atoms with E-state index >= 15 is 0 Å². The molecule has 2 aromatic rings. The predicted octanol–water partition coefficient (Wildman–Crippen LogP) is 4.00. The molecular formula is C19H20O4. The Balaban J connectivity index is 2.18. The van der Waals surface area contributed by atoms with E-state index in [0.717, 1.165) is 11.3 Å². The Morgan fingerprint density at radius 2 is 1.78 bits per heavy atom. The largest absolute Gasteiger partial charge is 0.494 e. The van der Waals surface area contributed by atoms with Crippen LogP contribution in [0.15, 0.2) is 48.5 Å². The zero-order chi connectivity index (χ0) is 16.7. The lowest BCUT2D eigenvalue weighted by Crippen LogP contribution is -1.96. The fourth-order valence-electron chi connectivity index (χ4n) is 2.19. The summed E-state index contributed by atoms with van der Waals surface area (Å²) in [4.78, 5) is 12.2. The molecule has 120 valence electrons. The van der Waals surface area contributed by atoms with Crippen LogP contribution >= 0.6 is 0 Å². The van der Waals surface area contributed by atoms with Gasteiger partial charge in [-0.3, -0.25) is 4.79 Å². The lowest BCUT2D eigenvalue weighted by molar-refractivity contribution is 0.104. The highest BCUT2D eigenvalue weighted by Crippen LogP contribution is 2.31. The van der Waals surface area contributed by atoms with E-state index in [4.69, 9.17) is 14.2 Å². The normalized spacial score (nSPS) is 10.6. The third-order valence-electron chi connectivity index (χ3n) is 3.30. The number of hydrogen-bond donors (Lipinski definition) is 0. The number of methoxy groups -OCH3 is 2. The van der Waals surface area contributed by atoms with E-state index < -0.39 is 0 Å². The summed E-state index contributed by atoms with van der Waals surface area (Å²) in [5, 5.41) is 0. The number of carbonyl (C=O) groups excluding carboxylic acids is 1. The van der Waals surface area contributed by atoms with E-state index in [9.17, 15) is 4.79 Å². The molecule has 0 saturated carbocycles. The van der Waals surface area contributed by atoms with Gasteiger partial charge in [-0.15, -0.1) is 0 Å². The first-order valence-corrected chi connectivity index (χ1v) is 7.35. The number of benzene rings is 2. The van der Waals surface area contributed by atoms with Crippen LogP contribution < -0.4 is 14.2 Å². The highest BCUT2D eigenvalue weighted by molar-refractivity contribution is 6.07. The second-order valence-electron chi connectivity index (χ2n) is 4.74. The Labute approximate surface area is 136 Å². The van der Waals surface area contributed by atoms with Gasteiger partial charge in [-0.1, -0.05) is 12.1 Å². The van der Waals surface area contributed by atoms with Gasteiger partial charge in [-0.25, -0.2) is 0 Å². The van der Waals surface area contributed by atoms with Crippen LogP contribution in [-0.2, 0) is 0 Å². The lowest BCUT2D eigenvalue weighted by Gasteiger charge is -2.09. The summed E-state index contributed by atoms with van der Waals surface area (Å²) in [7, 11) is 3.15.